The smallest absolute Gasteiger partial charge is 0.181 e. The van der Waals surface area contributed by atoms with Crippen LogP contribution in [0, 0.1) is 6.92 Å². The minimum atomic E-state index is 0.377. The van der Waals surface area contributed by atoms with E-state index in [9.17, 15) is 0 Å². The minimum absolute atomic E-state index is 0.377. The number of rotatable bonds is 4. The van der Waals surface area contributed by atoms with Gasteiger partial charge >= 0.3 is 0 Å². The van der Waals surface area contributed by atoms with Crippen molar-refractivity contribution < 1.29 is 4.74 Å². The van der Waals surface area contributed by atoms with E-state index in [4.69, 9.17) is 10.5 Å². The zero-order valence-electron chi connectivity index (χ0n) is 12.8. The fourth-order valence-electron chi connectivity index (χ4n) is 2.28. The second-order valence-electron chi connectivity index (χ2n) is 5.24. The number of aryl methyl sites for hydroxylation is 2. The van der Waals surface area contributed by atoms with Gasteiger partial charge in [-0.2, -0.15) is 5.10 Å². The number of nitrogens with zero attached hydrogens (tertiary/aromatic N) is 3. The fourth-order valence-corrected chi connectivity index (χ4v) is 2.28. The molecule has 0 atom stereocenters. The molecule has 5 heteroatoms. The lowest BCUT2D eigenvalue weighted by Gasteiger charge is -2.14. The monoisotopic (exact) mass is 274 g/mol. The van der Waals surface area contributed by atoms with E-state index in [1.54, 1.807) is 11.8 Å². The van der Waals surface area contributed by atoms with Gasteiger partial charge in [-0.25, -0.2) is 4.98 Å². The molecule has 1 aromatic heterocycles. The summed E-state index contributed by atoms with van der Waals surface area (Å²) in [4.78, 5) is 4.50. The van der Waals surface area contributed by atoms with Crippen molar-refractivity contribution in [1.29, 1.82) is 0 Å². The Balaban J connectivity index is 2.58. The first-order valence-electron chi connectivity index (χ1n) is 6.76. The van der Waals surface area contributed by atoms with Gasteiger partial charge in [0.2, 0.25) is 0 Å². The molecule has 0 spiro atoms. The average Bonchev–Trinajstić information content (AvgIpc) is 2.78. The van der Waals surface area contributed by atoms with Crippen LogP contribution in [0.15, 0.2) is 12.1 Å². The van der Waals surface area contributed by atoms with Crippen LogP contribution in [0.3, 0.4) is 0 Å². The molecule has 0 fully saturated rings. The number of ether oxygens (including phenoxy) is 1. The third-order valence-electron chi connectivity index (χ3n) is 3.48. The van der Waals surface area contributed by atoms with Crippen LogP contribution in [0.1, 0.15) is 36.7 Å². The molecule has 0 aliphatic rings. The molecule has 0 radical (unpaired) electrons. The summed E-state index contributed by atoms with van der Waals surface area (Å²) in [5.74, 6) is 2.79. The molecule has 108 valence electrons. The van der Waals surface area contributed by atoms with E-state index in [0.29, 0.717) is 12.5 Å². The van der Waals surface area contributed by atoms with Crippen molar-refractivity contribution in [2.75, 3.05) is 7.11 Å². The standard InChI is InChI=1S/C15H22N4O/c1-9(2)11-7-12(10(3)6-13(11)20-5)15-17-14(8-16)19(4)18-15/h6-7,9H,8,16H2,1-5H3. The Hall–Kier alpha value is -1.88. The quantitative estimate of drug-likeness (QED) is 0.929. The summed E-state index contributed by atoms with van der Waals surface area (Å²) in [6.45, 7) is 6.72. The second kappa shape index (κ2) is 5.63. The number of benzene rings is 1. The van der Waals surface area contributed by atoms with Crippen LogP contribution in [0.2, 0.25) is 0 Å². The summed E-state index contributed by atoms with van der Waals surface area (Å²) in [7, 11) is 3.56. The maximum Gasteiger partial charge on any atom is 0.181 e. The zero-order chi connectivity index (χ0) is 14.9. The highest BCUT2D eigenvalue weighted by Gasteiger charge is 2.16. The van der Waals surface area contributed by atoms with E-state index in [1.807, 2.05) is 20.0 Å². The molecule has 0 aliphatic heterocycles. The van der Waals surface area contributed by atoms with Gasteiger partial charge in [-0.15, -0.1) is 0 Å². The van der Waals surface area contributed by atoms with E-state index >= 15 is 0 Å². The minimum Gasteiger partial charge on any atom is -0.496 e. The summed E-state index contributed by atoms with van der Waals surface area (Å²) < 4.78 is 7.19. The molecule has 2 aromatic rings. The van der Waals surface area contributed by atoms with E-state index in [-0.39, 0.29) is 0 Å². The van der Waals surface area contributed by atoms with Gasteiger partial charge in [0, 0.05) is 12.6 Å². The van der Waals surface area contributed by atoms with Gasteiger partial charge in [-0.05, 0) is 36.1 Å². The molecule has 2 rings (SSSR count). The van der Waals surface area contributed by atoms with Gasteiger partial charge in [-0.1, -0.05) is 13.8 Å². The van der Waals surface area contributed by atoms with Crippen molar-refractivity contribution in [2.45, 2.75) is 33.2 Å². The topological polar surface area (TPSA) is 66.0 Å². The molecule has 20 heavy (non-hydrogen) atoms. The van der Waals surface area contributed by atoms with Gasteiger partial charge in [0.1, 0.15) is 11.6 Å². The van der Waals surface area contributed by atoms with Gasteiger partial charge in [0.05, 0.1) is 13.7 Å². The van der Waals surface area contributed by atoms with Crippen molar-refractivity contribution in [3.05, 3.63) is 29.1 Å². The molecule has 5 nitrogen and oxygen atoms in total. The Labute approximate surface area is 119 Å². The molecule has 0 unspecified atom stereocenters. The van der Waals surface area contributed by atoms with Gasteiger partial charge < -0.3 is 10.5 Å². The Bertz CT molecular complexity index is 617. The SMILES string of the molecule is COc1cc(C)c(-c2nc(CN)n(C)n2)cc1C(C)C. The normalized spacial score (nSPS) is 11.2. The highest BCUT2D eigenvalue weighted by atomic mass is 16.5. The Morgan fingerprint density at radius 2 is 2.05 bits per heavy atom. The molecule has 0 amide bonds. The maximum absolute atomic E-state index is 5.66. The lowest BCUT2D eigenvalue weighted by atomic mass is 9.96. The lowest BCUT2D eigenvalue weighted by molar-refractivity contribution is 0.407. The van der Waals surface area contributed by atoms with Crippen molar-refractivity contribution in [2.24, 2.45) is 12.8 Å². The summed E-state index contributed by atoms with van der Waals surface area (Å²) in [5, 5.41) is 4.45. The molecule has 1 heterocycles. The maximum atomic E-state index is 5.66. The first-order chi connectivity index (χ1) is 9.47. The average molecular weight is 274 g/mol. The fraction of sp³-hybridized carbons (Fsp3) is 0.467. The highest BCUT2D eigenvalue weighted by Crippen LogP contribution is 2.33. The number of nitrogens with two attached hydrogens (primary N) is 1. The Kier molecular flexibility index (Phi) is 4.09. The number of aromatic nitrogens is 3. The second-order valence-corrected chi connectivity index (χ2v) is 5.24. The molecule has 0 saturated heterocycles. The van der Waals surface area contributed by atoms with Gasteiger partial charge in [0.25, 0.3) is 0 Å². The largest absolute Gasteiger partial charge is 0.496 e. The van der Waals surface area contributed by atoms with E-state index in [1.165, 1.54) is 0 Å². The molecule has 2 N–H and O–H groups in total. The van der Waals surface area contributed by atoms with Gasteiger partial charge in [0.15, 0.2) is 5.82 Å². The summed E-state index contributed by atoms with van der Waals surface area (Å²) in [6, 6.07) is 4.16. The highest BCUT2D eigenvalue weighted by molar-refractivity contribution is 5.64. The first kappa shape index (κ1) is 14.5. The molecular formula is C15H22N4O. The van der Waals surface area contributed by atoms with Crippen LogP contribution in [-0.4, -0.2) is 21.9 Å². The van der Waals surface area contributed by atoms with Crippen LogP contribution in [0.25, 0.3) is 11.4 Å². The zero-order valence-corrected chi connectivity index (χ0v) is 12.8. The van der Waals surface area contributed by atoms with E-state index in [2.05, 4.69) is 30.0 Å². The van der Waals surface area contributed by atoms with E-state index in [0.717, 1.165) is 34.1 Å². The number of methoxy groups -OCH3 is 1. The molecular weight excluding hydrogens is 252 g/mol. The Morgan fingerprint density at radius 3 is 2.55 bits per heavy atom. The van der Waals surface area contributed by atoms with Crippen LogP contribution >= 0.6 is 0 Å². The number of hydrogen-bond donors (Lipinski definition) is 1. The van der Waals surface area contributed by atoms with E-state index < -0.39 is 0 Å². The molecule has 1 aromatic carbocycles. The molecule has 0 saturated carbocycles. The van der Waals surface area contributed by atoms with Crippen LogP contribution < -0.4 is 10.5 Å². The number of hydrogen-bond acceptors (Lipinski definition) is 4. The predicted molar refractivity (Wildman–Crippen MR) is 79.7 cm³/mol. The summed E-state index contributed by atoms with van der Waals surface area (Å²) >= 11 is 0. The van der Waals surface area contributed by atoms with Crippen molar-refractivity contribution in [3.63, 3.8) is 0 Å². The third kappa shape index (κ3) is 2.54. The summed E-state index contributed by atoms with van der Waals surface area (Å²) in [5.41, 5.74) is 8.95. The van der Waals surface area contributed by atoms with Crippen molar-refractivity contribution >= 4 is 0 Å². The van der Waals surface area contributed by atoms with Crippen LogP contribution in [-0.2, 0) is 13.6 Å². The Morgan fingerprint density at radius 1 is 1.35 bits per heavy atom. The first-order valence-corrected chi connectivity index (χ1v) is 6.76. The molecule has 0 bridgehead atoms. The van der Waals surface area contributed by atoms with Crippen molar-refractivity contribution in [1.82, 2.24) is 14.8 Å². The van der Waals surface area contributed by atoms with Crippen LogP contribution in [0.4, 0.5) is 0 Å². The lowest BCUT2D eigenvalue weighted by Crippen LogP contribution is -2.05. The predicted octanol–water partition coefficient (Wildman–Crippen LogP) is 2.38. The molecule has 0 aliphatic carbocycles. The van der Waals surface area contributed by atoms with Gasteiger partial charge in [-0.3, -0.25) is 4.68 Å². The van der Waals surface area contributed by atoms with Crippen molar-refractivity contribution in [3.8, 4) is 17.1 Å². The van der Waals surface area contributed by atoms with Crippen LogP contribution in [0.5, 0.6) is 5.75 Å². The summed E-state index contributed by atoms with van der Waals surface area (Å²) in [6.07, 6.45) is 0. The third-order valence-corrected chi connectivity index (χ3v) is 3.48.